The molecule has 0 bridgehead atoms. The number of carbonyl (C=O) groups excluding carboxylic acids is 1. The molecule has 26 heavy (non-hydrogen) atoms. The third-order valence-corrected chi connectivity index (χ3v) is 4.61. The molecule has 2 heterocycles. The number of fused-ring (bicyclic) bond motifs is 1. The van der Waals surface area contributed by atoms with E-state index in [-0.39, 0.29) is 11.9 Å². The van der Waals surface area contributed by atoms with Crippen LogP contribution in [0.25, 0.3) is 10.9 Å². The number of nitrogens with zero attached hydrogens (tertiary/aromatic N) is 3. The minimum Gasteiger partial charge on any atom is -0.350 e. The van der Waals surface area contributed by atoms with Crippen LogP contribution < -0.4 is 5.32 Å². The van der Waals surface area contributed by atoms with Gasteiger partial charge in [0.25, 0.3) is 5.91 Å². The van der Waals surface area contributed by atoms with Gasteiger partial charge in [0.2, 0.25) is 5.95 Å². The van der Waals surface area contributed by atoms with Crippen molar-refractivity contribution in [2.45, 2.75) is 6.54 Å². The molecule has 0 fully saturated rings. The third kappa shape index (κ3) is 3.63. The summed E-state index contributed by atoms with van der Waals surface area (Å²) in [5.41, 5.74) is 2.31. The minimum absolute atomic E-state index is 0.254. The lowest BCUT2D eigenvalue weighted by Gasteiger charge is -2.01. The van der Waals surface area contributed by atoms with Crippen molar-refractivity contribution >= 4 is 50.3 Å². The average Bonchev–Trinajstić information content (AvgIpc) is 3.23. The van der Waals surface area contributed by atoms with Gasteiger partial charge in [-0.3, -0.25) is 10.1 Å². The molecule has 0 atom stereocenters. The van der Waals surface area contributed by atoms with E-state index in [0.717, 1.165) is 20.9 Å². The number of carbonyl (C=O) groups is 1. The van der Waals surface area contributed by atoms with E-state index < -0.39 is 0 Å². The predicted octanol–water partition coefficient (Wildman–Crippen LogP) is 4.48. The van der Waals surface area contributed by atoms with Crippen molar-refractivity contribution in [2.75, 3.05) is 5.32 Å². The summed E-state index contributed by atoms with van der Waals surface area (Å²) < 4.78 is 2.69. The quantitative estimate of drug-likeness (QED) is 0.501. The standard InChI is InChI=1S/C18H13BrClN5O/c19-13-4-1-11(2-5-13)9-25-10-21-18(24-25)23-17(26)16-7-12-3-6-14(20)8-15(12)22-16/h1-8,10,22H,9H2,(H,23,24,26). The van der Waals surface area contributed by atoms with Gasteiger partial charge in [-0.2, -0.15) is 0 Å². The molecule has 2 N–H and O–H groups in total. The van der Waals surface area contributed by atoms with Crippen molar-refractivity contribution < 1.29 is 4.79 Å². The second-order valence-corrected chi connectivity index (χ2v) is 7.11. The van der Waals surface area contributed by atoms with Crippen LogP contribution in [0, 0.1) is 0 Å². The Balaban J connectivity index is 1.47. The summed E-state index contributed by atoms with van der Waals surface area (Å²) in [5.74, 6) is -0.0532. The Kier molecular flexibility index (Phi) is 4.48. The van der Waals surface area contributed by atoms with Gasteiger partial charge in [0, 0.05) is 20.4 Å². The van der Waals surface area contributed by atoms with Gasteiger partial charge < -0.3 is 4.98 Å². The number of nitrogens with one attached hydrogen (secondary N) is 2. The summed E-state index contributed by atoms with van der Waals surface area (Å²) in [4.78, 5) is 19.6. The fourth-order valence-corrected chi connectivity index (χ4v) is 3.03. The molecule has 0 saturated carbocycles. The molecule has 0 saturated heterocycles. The first-order valence-electron chi connectivity index (χ1n) is 7.80. The molecule has 0 aliphatic heterocycles. The highest BCUT2D eigenvalue weighted by Crippen LogP contribution is 2.20. The lowest BCUT2D eigenvalue weighted by Crippen LogP contribution is -2.13. The van der Waals surface area contributed by atoms with Crippen molar-refractivity contribution in [2.24, 2.45) is 0 Å². The maximum atomic E-state index is 12.4. The van der Waals surface area contributed by atoms with Gasteiger partial charge in [-0.15, -0.1) is 5.10 Å². The smallest absolute Gasteiger partial charge is 0.274 e. The number of halogens is 2. The molecule has 8 heteroatoms. The fraction of sp³-hybridized carbons (Fsp3) is 0.0556. The highest BCUT2D eigenvalue weighted by Gasteiger charge is 2.12. The Morgan fingerprint density at radius 1 is 1.19 bits per heavy atom. The Morgan fingerprint density at radius 3 is 2.81 bits per heavy atom. The summed E-state index contributed by atoms with van der Waals surface area (Å²) in [6.45, 7) is 0.570. The van der Waals surface area contributed by atoms with Gasteiger partial charge in [0.15, 0.2) is 0 Å². The largest absolute Gasteiger partial charge is 0.350 e. The van der Waals surface area contributed by atoms with E-state index in [1.54, 1.807) is 29.2 Å². The lowest BCUT2D eigenvalue weighted by atomic mass is 10.2. The maximum absolute atomic E-state index is 12.4. The number of hydrogen-bond acceptors (Lipinski definition) is 3. The third-order valence-electron chi connectivity index (χ3n) is 3.85. The number of anilines is 1. The molecular weight excluding hydrogens is 418 g/mol. The molecule has 0 spiro atoms. The zero-order valence-corrected chi connectivity index (χ0v) is 15.8. The SMILES string of the molecule is O=C(Nc1ncn(Cc2ccc(Br)cc2)n1)c1cc2ccc(Cl)cc2[nH]1. The van der Waals surface area contributed by atoms with E-state index in [0.29, 0.717) is 17.3 Å². The molecule has 130 valence electrons. The van der Waals surface area contributed by atoms with Crippen LogP contribution >= 0.6 is 27.5 Å². The molecule has 2 aromatic carbocycles. The van der Waals surface area contributed by atoms with Crippen LogP contribution in [-0.4, -0.2) is 25.7 Å². The van der Waals surface area contributed by atoms with Crippen molar-refractivity contribution in [3.05, 3.63) is 75.6 Å². The van der Waals surface area contributed by atoms with Crippen molar-refractivity contribution in [3.8, 4) is 0 Å². The normalized spacial score (nSPS) is 11.0. The van der Waals surface area contributed by atoms with Crippen LogP contribution in [0.15, 0.2) is 59.3 Å². The predicted molar refractivity (Wildman–Crippen MR) is 105 cm³/mol. The first kappa shape index (κ1) is 16.8. The molecule has 1 amide bonds. The van der Waals surface area contributed by atoms with Crippen LogP contribution in [0.2, 0.25) is 5.02 Å². The van der Waals surface area contributed by atoms with Crippen LogP contribution in [-0.2, 0) is 6.54 Å². The molecule has 0 aliphatic carbocycles. The lowest BCUT2D eigenvalue weighted by molar-refractivity contribution is 0.102. The van der Waals surface area contributed by atoms with E-state index in [4.69, 9.17) is 11.6 Å². The van der Waals surface area contributed by atoms with E-state index in [9.17, 15) is 4.79 Å². The van der Waals surface area contributed by atoms with Crippen molar-refractivity contribution in [1.82, 2.24) is 19.7 Å². The Labute approximate surface area is 162 Å². The number of hydrogen-bond donors (Lipinski definition) is 2. The zero-order valence-electron chi connectivity index (χ0n) is 13.4. The van der Waals surface area contributed by atoms with Gasteiger partial charge in [0.1, 0.15) is 12.0 Å². The molecule has 4 rings (SSSR count). The minimum atomic E-state index is -0.307. The summed E-state index contributed by atoms with van der Waals surface area (Å²) in [6, 6.07) is 15.1. The van der Waals surface area contributed by atoms with Gasteiger partial charge in [-0.05, 0) is 35.9 Å². The topological polar surface area (TPSA) is 75.6 Å². The van der Waals surface area contributed by atoms with E-state index in [2.05, 4.69) is 36.3 Å². The van der Waals surface area contributed by atoms with Crippen LogP contribution in [0.1, 0.15) is 16.1 Å². The Bertz CT molecular complexity index is 1090. The van der Waals surface area contributed by atoms with Crippen molar-refractivity contribution in [3.63, 3.8) is 0 Å². The van der Waals surface area contributed by atoms with Crippen LogP contribution in [0.5, 0.6) is 0 Å². The number of amides is 1. The van der Waals surface area contributed by atoms with Gasteiger partial charge >= 0.3 is 0 Å². The first-order chi connectivity index (χ1) is 12.6. The highest BCUT2D eigenvalue weighted by atomic mass is 79.9. The second-order valence-electron chi connectivity index (χ2n) is 5.76. The average molecular weight is 431 g/mol. The van der Waals surface area contributed by atoms with Crippen LogP contribution in [0.4, 0.5) is 5.95 Å². The molecule has 0 radical (unpaired) electrons. The summed E-state index contributed by atoms with van der Waals surface area (Å²) in [6.07, 6.45) is 1.59. The van der Waals surface area contributed by atoms with E-state index >= 15 is 0 Å². The van der Waals surface area contributed by atoms with E-state index in [1.165, 1.54) is 0 Å². The number of rotatable bonds is 4. The van der Waals surface area contributed by atoms with Gasteiger partial charge in [-0.1, -0.05) is 45.7 Å². The fourth-order valence-electron chi connectivity index (χ4n) is 2.60. The molecule has 0 unspecified atom stereocenters. The highest BCUT2D eigenvalue weighted by molar-refractivity contribution is 9.10. The summed E-state index contributed by atoms with van der Waals surface area (Å²) >= 11 is 9.38. The number of H-pyrrole nitrogens is 1. The second kappa shape index (κ2) is 6.93. The number of aromatic nitrogens is 4. The maximum Gasteiger partial charge on any atom is 0.274 e. The van der Waals surface area contributed by atoms with Gasteiger partial charge in [0.05, 0.1) is 6.54 Å². The monoisotopic (exact) mass is 429 g/mol. The zero-order chi connectivity index (χ0) is 18.1. The molecule has 0 aliphatic rings. The number of benzene rings is 2. The Hall–Kier alpha value is -2.64. The number of aromatic amines is 1. The van der Waals surface area contributed by atoms with Gasteiger partial charge in [-0.25, -0.2) is 9.67 Å². The first-order valence-corrected chi connectivity index (χ1v) is 8.97. The van der Waals surface area contributed by atoms with Crippen LogP contribution in [0.3, 0.4) is 0 Å². The Morgan fingerprint density at radius 2 is 2.00 bits per heavy atom. The molecular formula is C18H13BrClN5O. The summed E-state index contributed by atoms with van der Waals surface area (Å²) in [7, 11) is 0. The van der Waals surface area contributed by atoms with E-state index in [1.807, 2.05) is 30.3 Å². The molecule has 6 nitrogen and oxygen atoms in total. The summed E-state index contributed by atoms with van der Waals surface area (Å²) in [5, 5.41) is 8.50. The van der Waals surface area contributed by atoms with Crippen molar-refractivity contribution in [1.29, 1.82) is 0 Å². The molecule has 4 aromatic rings. The molecule has 2 aromatic heterocycles.